The van der Waals surface area contributed by atoms with Crippen LogP contribution in [0.15, 0.2) is 18.2 Å². The van der Waals surface area contributed by atoms with E-state index < -0.39 is 0 Å². The Morgan fingerprint density at radius 1 is 1.41 bits per heavy atom. The van der Waals surface area contributed by atoms with E-state index in [4.69, 9.17) is 4.74 Å². The summed E-state index contributed by atoms with van der Waals surface area (Å²) in [6.45, 7) is 1.83. The molecular weight excluding hydrogens is 220 g/mol. The summed E-state index contributed by atoms with van der Waals surface area (Å²) in [5.74, 6) is 0.609. The number of ether oxygens (including phenoxy) is 1. The Balaban J connectivity index is 2.40. The third-order valence-electron chi connectivity index (χ3n) is 3.21. The summed E-state index contributed by atoms with van der Waals surface area (Å²) in [6.07, 6.45) is 1.88. The quantitative estimate of drug-likeness (QED) is 0.644. The predicted molar refractivity (Wildman–Crippen MR) is 64.5 cm³/mol. The number of nitrogens with zero attached hydrogens (tertiary/aromatic N) is 1. The van der Waals surface area contributed by atoms with Gasteiger partial charge in [-0.3, -0.25) is 10.1 Å². The van der Waals surface area contributed by atoms with Crippen molar-refractivity contribution >= 4 is 5.69 Å². The van der Waals surface area contributed by atoms with Crippen molar-refractivity contribution < 1.29 is 9.66 Å². The van der Waals surface area contributed by atoms with E-state index in [9.17, 15) is 10.1 Å². The Labute approximate surface area is 99.9 Å². The highest BCUT2D eigenvalue weighted by Gasteiger charge is 2.27. The Bertz CT molecular complexity index is 414. The smallest absolute Gasteiger partial charge is 0.314 e. The summed E-state index contributed by atoms with van der Waals surface area (Å²) >= 11 is 0. The maximum Gasteiger partial charge on any atom is 0.314 e. The minimum atomic E-state index is -0.337. The molecule has 0 bridgehead atoms. The van der Waals surface area contributed by atoms with Gasteiger partial charge in [-0.15, -0.1) is 0 Å². The van der Waals surface area contributed by atoms with Gasteiger partial charge in [0.2, 0.25) is 0 Å². The molecule has 1 aliphatic rings. The molecule has 5 nitrogen and oxygen atoms in total. The number of hydrogen-bond acceptors (Lipinski definition) is 4. The lowest BCUT2D eigenvalue weighted by Gasteiger charge is -2.23. The second-order valence-electron chi connectivity index (χ2n) is 4.18. The third kappa shape index (κ3) is 2.39. The average molecular weight is 236 g/mol. The van der Waals surface area contributed by atoms with Gasteiger partial charge in [0.1, 0.15) is 0 Å². The minimum Gasteiger partial charge on any atom is -0.490 e. The second-order valence-corrected chi connectivity index (χ2v) is 4.18. The summed E-state index contributed by atoms with van der Waals surface area (Å²) in [7, 11) is 1.47. The molecule has 92 valence electrons. The fourth-order valence-corrected chi connectivity index (χ4v) is 2.36. The molecule has 1 fully saturated rings. The van der Waals surface area contributed by atoms with Gasteiger partial charge in [0.25, 0.3) is 0 Å². The first kappa shape index (κ1) is 11.9. The molecular formula is C12H16N2O3. The summed E-state index contributed by atoms with van der Waals surface area (Å²) in [5, 5.41) is 14.4. The van der Waals surface area contributed by atoms with Crippen molar-refractivity contribution in [3.63, 3.8) is 0 Å². The maximum atomic E-state index is 11.2. The molecule has 17 heavy (non-hydrogen) atoms. The van der Waals surface area contributed by atoms with Crippen LogP contribution in [0, 0.1) is 10.1 Å². The molecule has 1 aliphatic heterocycles. The summed E-state index contributed by atoms with van der Waals surface area (Å²) < 4.78 is 5.08. The molecule has 0 saturated carbocycles. The average Bonchev–Trinajstić information content (AvgIpc) is 2.38. The van der Waals surface area contributed by atoms with Crippen molar-refractivity contribution in [1.82, 2.24) is 5.32 Å². The Hall–Kier alpha value is -1.62. The van der Waals surface area contributed by atoms with Crippen LogP contribution in [0.2, 0.25) is 0 Å². The fourth-order valence-electron chi connectivity index (χ4n) is 2.36. The van der Waals surface area contributed by atoms with Crippen molar-refractivity contribution in [1.29, 1.82) is 0 Å². The van der Waals surface area contributed by atoms with Crippen molar-refractivity contribution in [2.75, 3.05) is 20.2 Å². The first-order valence-corrected chi connectivity index (χ1v) is 5.76. The number of methoxy groups -OCH3 is 1. The van der Waals surface area contributed by atoms with Gasteiger partial charge < -0.3 is 10.1 Å². The van der Waals surface area contributed by atoms with E-state index >= 15 is 0 Å². The van der Waals surface area contributed by atoms with Crippen molar-refractivity contribution in [2.45, 2.75) is 18.8 Å². The highest BCUT2D eigenvalue weighted by atomic mass is 16.6. The van der Waals surface area contributed by atoms with Crippen LogP contribution in [0.4, 0.5) is 5.69 Å². The molecule has 2 rings (SSSR count). The summed E-state index contributed by atoms with van der Waals surface area (Å²) in [5.41, 5.74) is 0.928. The van der Waals surface area contributed by atoms with Gasteiger partial charge in [-0.25, -0.2) is 0 Å². The number of hydrogen-bond donors (Lipinski definition) is 1. The van der Waals surface area contributed by atoms with E-state index in [-0.39, 0.29) is 16.5 Å². The topological polar surface area (TPSA) is 64.4 Å². The third-order valence-corrected chi connectivity index (χ3v) is 3.21. The monoisotopic (exact) mass is 236 g/mol. The molecule has 0 atom stereocenters. The molecule has 5 heteroatoms. The zero-order valence-electron chi connectivity index (χ0n) is 9.81. The first-order valence-electron chi connectivity index (χ1n) is 5.76. The van der Waals surface area contributed by atoms with Gasteiger partial charge in [0.05, 0.1) is 12.0 Å². The van der Waals surface area contributed by atoms with Crippen LogP contribution in [0.3, 0.4) is 0 Å². The Kier molecular flexibility index (Phi) is 3.58. The maximum absolute atomic E-state index is 11.2. The molecule has 1 heterocycles. The highest BCUT2D eigenvalue weighted by molar-refractivity contribution is 5.54. The summed E-state index contributed by atoms with van der Waals surface area (Å²) in [4.78, 5) is 10.8. The molecule has 0 unspecified atom stereocenters. The Morgan fingerprint density at radius 2 is 2.12 bits per heavy atom. The van der Waals surface area contributed by atoms with E-state index in [1.807, 2.05) is 12.1 Å². The van der Waals surface area contributed by atoms with Gasteiger partial charge in [0, 0.05) is 5.56 Å². The summed E-state index contributed by atoms with van der Waals surface area (Å²) in [6, 6.07) is 5.31. The molecule has 1 aromatic rings. The van der Waals surface area contributed by atoms with Gasteiger partial charge >= 0.3 is 5.69 Å². The largest absolute Gasteiger partial charge is 0.490 e. The molecule has 0 aromatic heterocycles. The van der Waals surface area contributed by atoms with Crippen molar-refractivity contribution in [3.05, 3.63) is 33.9 Å². The number of piperidine rings is 1. The van der Waals surface area contributed by atoms with E-state index in [0.29, 0.717) is 5.75 Å². The number of rotatable bonds is 3. The molecule has 1 saturated heterocycles. The zero-order valence-corrected chi connectivity index (χ0v) is 9.81. The number of nitro benzene ring substituents is 1. The lowest BCUT2D eigenvalue weighted by Crippen LogP contribution is -2.27. The van der Waals surface area contributed by atoms with E-state index in [2.05, 4.69) is 5.32 Å². The van der Waals surface area contributed by atoms with Crippen LogP contribution >= 0.6 is 0 Å². The van der Waals surface area contributed by atoms with Crippen molar-refractivity contribution in [3.8, 4) is 5.75 Å². The van der Waals surface area contributed by atoms with Crippen LogP contribution in [-0.4, -0.2) is 25.1 Å². The molecule has 0 radical (unpaired) electrons. The van der Waals surface area contributed by atoms with Crippen LogP contribution in [-0.2, 0) is 0 Å². The van der Waals surface area contributed by atoms with Crippen LogP contribution in [0.5, 0.6) is 5.75 Å². The number of benzene rings is 1. The first-order chi connectivity index (χ1) is 8.24. The standard InChI is InChI=1S/C12H16N2O3/c1-17-11-4-2-3-10(12(11)14(15)16)9-5-7-13-8-6-9/h2-4,9,13H,5-8H2,1H3. The number of nitro groups is 1. The molecule has 0 amide bonds. The van der Waals surface area contributed by atoms with Crippen LogP contribution in [0.1, 0.15) is 24.3 Å². The highest BCUT2D eigenvalue weighted by Crippen LogP contribution is 2.38. The number of para-hydroxylation sites is 1. The molecule has 0 aliphatic carbocycles. The lowest BCUT2D eigenvalue weighted by molar-refractivity contribution is -0.386. The molecule has 0 spiro atoms. The Morgan fingerprint density at radius 3 is 2.71 bits per heavy atom. The van der Waals surface area contributed by atoms with Crippen LogP contribution in [0.25, 0.3) is 0 Å². The number of nitrogens with one attached hydrogen (secondary N) is 1. The van der Waals surface area contributed by atoms with E-state index in [1.54, 1.807) is 6.07 Å². The second kappa shape index (κ2) is 5.14. The van der Waals surface area contributed by atoms with Crippen molar-refractivity contribution in [2.24, 2.45) is 0 Å². The van der Waals surface area contributed by atoms with Gasteiger partial charge in [-0.05, 0) is 37.9 Å². The van der Waals surface area contributed by atoms with E-state index in [1.165, 1.54) is 7.11 Å². The predicted octanol–water partition coefficient (Wildman–Crippen LogP) is 2.07. The lowest BCUT2D eigenvalue weighted by atomic mass is 9.89. The van der Waals surface area contributed by atoms with E-state index in [0.717, 1.165) is 31.5 Å². The molecule has 1 aromatic carbocycles. The minimum absolute atomic E-state index is 0.127. The van der Waals surface area contributed by atoms with Gasteiger partial charge in [-0.1, -0.05) is 12.1 Å². The van der Waals surface area contributed by atoms with Gasteiger partial charge in [-0.2, -0.15) is 0 Å². The zero-order chi connectivity index (χ0) is 12.3. The van der Waals surface area contributed by atoms with Gasteiger partial charge in [0.15, 0.2) is 5.75 Å². The SMILES string of the molecule is COc1cccc(C2CCNCC2)c1[N+](=O)[O-]. The van der Waals surface area contributed by atoms with Crippen LogP contribution < -0.4 is 10.1 Å². The fraction of sp³-hybridized carbons (Fsp3) is 0.500. The molecule has 1 N–H and O–H groups in total. The normalized spacial score (nSPS) is 16.8.